The number of aromatic amines is 1. The third-order valence-electron chi connectivity index (χ3n) is 6.53. The van der Waals surface area contributed by atoms with E-state index in [0.717, 1.165) is 65.2 Å². The van der Waals surface area contributed by atoms with Crippen LogP contribution >= 0.6 is 0 Å². The van der Waals surface area contributed by atoms with Crippen LogP contribution in [-0.2, 0) is 0 Å². The normalized spacial score (nSPS) is 17.9. The maximum absolute atomic E-state index is 6.00. The Morgan fingerprint density at radius 2 is 1.97 bits per heavy atom. The summed E-state index contributed by atoms with van der Waals surface area (Å²) >= 11 is 0. The summed E-state index contributed by atoms with van der Waals surface area (Å²) < 4.78 is 0. The SMILES string of the molecule is Cc1cccc(-c2[nH]cnc2-c2ccc3ncc(N4CC5(CC(N)C5)C4)cc3c2)n1. The highest BCUT2D eigenvalue weighted by atomic mass is 15.2. The Balaban J connectivity index is 1.33. The van der Waals surface area contributed by atoms with E-state index in [0.29, 0.717) is 11.5 Å². The zero-order chi connectivity index (χ0) is 20.3. The van der Waals surface area contributed by atoms with Crippen molar-refractivity contribution in [3.8, 4) is 22.6 Å². The van der Waals surface area contributed by atoms with Gasteiger partial charge in [-0.1, -0.05) is 12.1 Å². The quantitative estimate of drug-likeness (QED) is 0.548. The van der Waals surface area contributed by atoms with E-state index in [1.807, 2.05) is 31.3 Å². The van der Waals surface area contributed by atoms with E-state index in [9.17, 15) is 0 Å². The fourth-order valence-electron chi connectivity index (χ4n) is 5.09. The van der Waals surface area contributed by atoms with Gasteiger partial charge in [0.15, 0.2) is 0 Å². The molecule has 6 heteroatoms. The molecule has 3 N–H and O–H groups in total. The van der Waals surface area contributed by atoms with Crippen molar-refractivity contribution in [1.82, 2.24) is 19.9 Å². The number of nitrogens with two attached hydrogens (primary N) is 1. The molecule has 4 aromatic rings. The van der Waals surface area contributed by atoms with Crippen LogP contribution in [0, 0.1) is 12.3 Å². The minimum Gasteiger partial charge on any atom is -0.369 e. The molecule has 0 radical (unpaired) electrons. The predicted octanol–water partition coefficient (Wildman–Crippen LogP) is 3.92. The van der Waals surface area contributed by atoms with Crippen LogP contribution < -0.4 is 10.6 Å². The Kier molecular flexibility index (Phi) is 3.74. The van der Waals surface area contributed by atoms with Gasteiger partial charge in [0.1, 0.15) is 0 Å². The smallest absolute Gasteiger partial charge is 0.0977 e. The van der Waals surface area contributed by atoms with Crippen LogP contribution in [-0.4, -0.2) is 39.1 Å². The van der Waals surface area contributed by atoms with Crippen LogP contribution in [0.25, 0.3) is 33.5 Å². The van der Waals surface area contributed by atoms with Gasteiger partial charge in [0, 0.05) is 41.2 Å². The van der Waals surface area contributed by atoms with E-state index in [1.54, 1.807) is 6.33 Å². The molecule has 2 aliphatic rings. The lowest BCUT2D eigenvalue weighted by Crippen LogP contribution is -2.65. The minimum absolute atomic E-state index is 0.398. The number of imidazole rings is 1. The van der Waals surface area contributed by atoms with Crippen molar-refractivity contribution >= 4 is 16.6 Å². The fraction of sp³-hybridized carbons (Fsp3) is 0.292. The first-order valence-electron chi connectivity index (χ1n) is 10.5. The first kappa shape index (κ1) is 17.6. The van der Waals surface area contributed by atoms with Crippen molar-refractivity contribution in [3.05, 3.63) is 60.7 Å². The molecular formula is C24H24N6. The number of hydrogen-bond acceptors (Lipinski definition) is 5. The molecule has 6 rings (SSSR count). The Morgan fingerprint density at radius 3 is 2.77 bits per heavy atom. The number of pyridine rings is 2. The number of benzene rings is 1. The number of fused-ring (bicyclic) bond motifs is 1. The van der Waals surface area contributed by atoms with Gasteiger partial charge in [0.25, 0.3) is 0 Å². The number of aromatic nitrogens is 4. The van der Waals surface area contributed by atoms with Gasteiger partial charge in [0.05, 0.1) is 40.8 Å². The molecule has 0 unspecified atom stereocenters. The largest absolute Gasteiger partial charge is 0.369 e. The Hall–Kier alpha value is -3.25. The van der Waals surface area contributed by atoms with Crippen molar-refractivity contribution in [3.63, 3.8) is 0 Å². The first-order chi connectivity index (χ1) is 14.6. The zero-order valence-electron chi connectivity index (χ0n) is 17.0. The summed E-state index contributed by atoms with van der Waals surface area (Å²) in [6.07, 6.45) is 6.04. The third-order valence-corrected chi connectivity index (χ3v) is 6.53. The molecule has 1 saturated heterocycles. The topological polar surface area (TPSA) is 83.7 Å². The van der Waals surface area contributed by atoms with E-state index in [1.165, 1.54) is 5.69 Å². The maximum Gasteiger partial charge on any atom is 0.0977 e. The molecule has 0 amide bonds. The molecule has 1 aliphatic carbocycles. The molecule has 30 heavy (non-hydrogen) atoms. The highest BCUT2D eigenvalue weighted by Gasteiger charge is 2.51. The molecule has 0 bridgehead atoms. The molecule has 4 heterocycles. The van der Waals surface area contributed by atoms with Crippen molar-refractivity contribution in [1.29, 1.82) is 0 Å². The van der Waals surface area contributed by atoms with Crippen LogP contribution in [0.1, 0.15) is 18.5 Å². The molecule has 1 aliphatic heterocycles. The van der Waals surface area contributed by atoms with E-state index >= 15 is 0 Å². The lowest BCUT2D eigenvalue weighted by molar-refractivity contribution is 0.0665. The Morgan fingerprint density at radius 1 is 1.10 bits per heavy atom. The maximum atomic E-state index is 6.00. The molecule has 6 nitrogen and oxygen atoms in total. The van der Waals surface area contributed by atoms with Gasteiger partial charge in [-0.15, -0.1) is 0 Å². The zero-order valence-corrected chi connectivity index (χ0v) is 17.0. The van der Waals surface area contributed by atoms with E-state index in [2.05, 4.69) is 44.1 Å². The predicted molar refractivity (Wildman–Crippen MR) is 119 cm³/mol. The van der Waals surface area contributed by atoms with E-state index < -0.39 is 0 Å². The number of rotatable bonds is 3. The molecule has 0 atom stereocenters. The number of hydrogen-bond donors (Lipinski definition) is 2. The van der Waals surface area contributed by atoms with Gasteiger partial charge in [-0.2, -0.15) is 0 Å². The van der Waals surface area contributed by atoms with Gasteiger partial charge in [-0.05, 0) is 50.1 Å². The fourth-order valence-corrected chi connectivity index (χ4v) is 5.09. The summed E-state index contributed by atoms with van der Waals surface area (Å²) in [5.41, 5.74) is 13.4. The van der Waals surface area contributed by atoms with Crippen LogP contribution in [0.5, 0.6) is 0 Å². The Labute approximate surface area is 175 Å². The third kappa shape index (κ3) is 2.79. The van der Waals surface area contributed by atoms with Gasteiger partial charge in [0.2, 0.25) is 0 Å². The van der Waals surface area contributed by atoms with Gasteiger partial charge >= 0.3 is 0 Å². The second-order valence-electron chi connectivity index (χ2n) is 8.92. The summed E-state index contributed by atoms with van der Waals surface area (Å²) in [6.45, 7) is 4.19. The lowest BCUT2D eigenvalue weighted by atomic mass is 9.61. The molecule has 3 aromatic heterocycles. The van der Waals surface area contributed by atoms with Gasteiger partial charge in [-0.25, -0.2) is 4.98 Å². The molecule has 1 aromatic carbocycles. The van der Waals surface area contributed by atoms with Gasteiger partial charge in [-0.3, -0.25) is 9.97 Å². The monoisotopic (exact) mass is 396 g/mol. The highest BCUT2D eigenvalue weighted by Crippen LogP contribution is 2.49. The molecule has 150 valence electrons. The summed E-state index contributed by atoms with van der Waals surface area (Å²) in [6, 6.07) is 15.0. The number of nitrogens with zero attached hydrogens (tertiary/aromatic N) is 4. The summed E-state index contributed by atoms with van der Waals surface area (Å²) in [5, 5.41) is 1.13. The summed E-state index contributed by atoms with van der Waals surface area (Å²) in [4.78, 5) is 19.6. The minimum atomic E-state index is 0.398. The standard InChI is InChI=1S/C24H24N6/c1-15-3-2-4-21(29-15)23-22(27-14-28-23)16-5-6-20-17(7-16)8-19(11-26-20)30-12-24(13-30)9-18(25)10-24/h2-8,11,14,18H,9-10,12-13,25H2,1H3,(H,27,28). The number of H-pyrrole nitrogens is 1. The summed E-state index contributed by atoms with van der Waals surface area (Å²) in [5.74, 6) is 0. The van der Waals surface area contributed by atoms with Crippen molar-refractivity contribution in [2.75, 3.05) is 18.0 Å². The van der Waals surface area contributed by atoms with Crippen molar-refractivity contribution in [2.45, 2.75) is 25.8 Å². The average molecular weight is 396 g/mol. The van der Waals surface area contributed by atoms with Crippen LogP contribution in [0.2, 0.25) is 0 Å². The van der Waals surface area contributed by atoms with E-state index in [-0.39, 0.29) is 0 Å². The number of nitrogens with one attached hydrogen (secondary N) is 1. The number of anilines is 1. The van der Waals surface area contributed by atoms with Gasteiger partial charge < -0.3 is 15.6 Å². The van der Waals surface area contributed by atoms with Crippen LogP contribution in [0.4, 0.5) is 5.69 Å². The lowest BCUT2D eigenvalue weighted by Gasteiger charge is -2.59. The van der Waals surface area contributed by atoms with Crippen LogP contribution in [0.15, 0.2) is 55.0 Å². The first-order valence-corrected chi connectivity index (χ1v) is 10.5. The average Bonchev–Trinajstić information content (AvgIpc) is 3.19. The van der Waals surface area contributed by atoms with E-state index in [4.69, 9.17) is 10.7 Å². The second kappa shape index (κ2) is 6.37. The van der Waals surface area contributed by atoms with Crippen molar-refractivity contribution < 1.29 is 0 Å². The molecule has 2 fully saturated rings. The molecule has 1 spiro atoms. The van der Waals surface area contributed by atoms with Crippen LogP contribution in [0.3, 0.4) is 0 Å². The highest BCUT2D eigenvalue weighted by molar-refractivity contribution is 5.88. The Bertz CT molecular complexity index is 1250. The second-order valence-corrected chi connectivity index (χ2v) is 8.92. The summed E-state index contributed by atoms with van der Waals surface area (Å²) in [7, 11) is 0. The van der Waals surface area contributed by atoms with Crippen molar-refractivity contribution in [2.24, 2.45) is 11.1 Å². The molecule has 1 saturated carbocycles. The number of aryl methyl sites for hydroxylation is 1. The molecular weight excluding hydrogens is 372 g/mol.